The lowest BCUT2D eigenvalue weighted by molar-refractivity contribution is -0.689. The maximum atomic E-state index is 12.9. The van der Waals surface area contributed by atoms with E-state index in [1.54, 1.807) is 35.3 Å². The maximum Gasteiger partial charge on any atom is 0.352 e. The van der Waals surface area contributed by atoms with Crippen molar-refractivity contribution in [2.45, 2.75) is 18.0 Å². The van der Waals surface area contributed by atoms with Gasteiger partial charge in [-0.15, -0.1) is 28.2 Å². The number of nitrogens with zero attached hydrogens (tertiary/aromatic N) is 7. The number of hydrogen-bond donors (Lipinski definition) is 5. The summed E-state index contributed by atoms with van der Waals surface area (Å²) < 4.78 is 1.78. The Kier molecular flexibility index (Phi) is 6.22. The molecular formula is C20H19N10O5S2+. The third-order valence-electron chi connectivity index (χ3n) is 5.69. The number of pyridine rings is 1. The number of carbonyl (C=O) groups excluding carboxylic acids is 2. The predicted molar refractivity (Wildman–Crippen MR) is 130 cm³/mol. The summed E-state index contributed by atoms with van der Waals surface area (Å²) >= 11 is 2.38. The van der Waals surface area contributed by atoms with Crippen LogP contribution < -0.4 is 21.5 Å². The number of thiazole rings is 1. The van der Waals surface area contributed by atoms with E-state index in [1.807, 2.05) is 0 Å². The first-order valence-electron chi connectivity index (χ1n) is 10.6. The normalized spacial score (nSPS) is 19.4. The van der Waals surface area contributed by atoms with Crippen LogP contribution in [0.1, 0.15) is 5.69 Å². The lowest BCUT2D eigenvalue weighted by atomic mass is 10.0. The molecule has 0 saturated carbocycles. The molecule has 37 heavy (non-hydrogen) atoms. The standard InChI is InChI=1S/C20H18N10O5S2/c21-20-23-12(8-37-20)13(26-35)16(31)24-14-17(32)30-15(19(33)34)10(7-36-18(14)30)5-28-3-1-9(2-4-28)11-6-29(22)27-25-11/h1-4,6,8,14,18H,5,7,22H2,(H4-,21,23,24,31,33,34,35)/p+1/t14-,18+/m1/s1. The van der Waals surface area contributed by atoms with Gasteiger partial charge in [0, 0.05) is 34.4 Å². The van der Waals surface area contributed by atoms with Gasteiger partial charge in [-0.2, -0.15) is 4.79 Å². The zero-order valence-corrected chi connectivity index (χ0v) is 20.4. The molecule has 15 nitrogen and oxygen atoms in total. The molecule has 2 amide bonds. The van der Waals surface area contributed by atoms with Crippen LogP contribution in [0.25, 0.3) is 11.3 Å². The van der Waals surface area contributed by atoms with Gasteiger partial charge in [-0.05, 0) is 5.21 Å². The number of carboxylic acids is 1. The second kappa shape index (κ2) is 9.51. The van der Waals surface area contributed by atoms with Crippen molar-refractivity contribution >= 4 is 51.7 Å². The van der Waals surface area contributed by atoms with Gasteiger partial charge in [0.25, 0.3) is 11.8 Å². The summed E-state index contributed by atoms with van der Waals surface area (Å²) in [5, 5.41) is 33.3. The van der Waals surface area contributed by atoms with E-state index in [1.165, 1.54) is 22.0 Å². The highest BCUT2D eigenvalue weighted by Gasteiger charge is 2.54. The van der Waals surface area contributed by atoms with E-state index in [9.17, 15) is 24.7 Å². The van der Waals surface area contributed by atoms with Crippen LogP contribution in [-0.2, 0) is 20.9 Å². The number of amides is 2. The molecule has 5 rings (SSSR count). The minimum atomic E-state index is -1.24. The molecule has 3 aromatic heterocycles. The zero-order valence-electron chi connectivity index (χ0n) is 18.8. The molecular weight excluding hydrogens is 524 g/mol. The van der Waals surface area contributed by atoms with Crippen LogP contribution in [0.3, 0.4) is 0 Å². The molecule has 7 N–H and O–H groups in total. The zero-order chi connectivity index (χ0) is 26.3. The van der Waals surface area contributed by atoms with Gasteiger partial charge in [-0.1, -0.05) is 5.16 Å². The minimum Gasteiger partial charge on any atom is -0.477 e. The van der Waals surface area contributed by atoms with Crippen LogP contribution in [0, 0.1) is 0 Å². The largest absolute Gasteiger partial charge is 0.477 e. The van der Waals surface area contributed by atoms with Crippen LogP contribution in [0.5, 0.6) is 0 Å². The van der Waals surface area contributed by atoms with Gasteiger partial charge >= 0.3 is 5.97 Å². The molecule has 17 heteroatoms. The molecule has 0 unspecified atom stereocenters. The monoisotopic (exact) mass is 543 g/mol. The van der Waals surface area contributed by atoms with Gasteiger partial charge in [-0.25, -0.2) is 14.3 Å². The number of fused-ring (bicyclic) bond motifs is 1. The van der Waals surface area contributed by atoms with E-state index in [0.29, 0.717) is 17.0 Å². The number of aliphatic carboxylic acids is 1. The maximum absolute atomic E-state index is 12.9. The predicted octanol–water partition coefficient (Wildman–Crippen LogP) is -1.40. The average molecular weight is 544 g/mol. The minimum absolute atomic E-state index is 0.0616. The Morgan fingerprint density at radius 3 is 2.68 bits per heavy atom. The molecule has 0 bridgehead atoms. The van der Waals surface area contributed by atoms with Gasteiger partial charge in [0.15, 0.2) is 29.8 Å². The van der Waals surface area contributed by atoms with E-state index in [2.05, 4.69) is 25.8 Å². The lowest BCUT2D eigenvalue weighted by Gasteiger charge is -2.49. The third kappa shape index (κ3) is 4.45. The van der Waals surface area contributed by atoms with Crippen LogP contribution >= 0.6 is 23.1 Å². The van der Waals surface area contributed by atoms with Crippen LogP contribution in [0.15, 0.2) is 52.5 Å². The molecule has 1 saturated heterocycles. The third-order valence-corrected chi connectivity index (χ3v) is 7.70. The number of nitrogen functional groups attached to an aromatic ring is 2. The van der Waals surface area contributed by atoms with E-state index in [0.717, 1.165) is 21.7 Å². The first-order chi connectivity index (χ1) is 17.8. The number of β-lactam (4-membered cyclic amide) rings is 1. The highest BCUT2D eigenvalue weighted by atomic mass is 32.2. The van der Waals surface area contributed by atoms with E-state index >= 15 is 0 Å². The second-order valence-electron chi connectivity index (χ2n) is 7.98. The molecule has 0 aromatic carbocycles. The second-order valence-corrected chi connectivity index (χ2v) is 9.98. The van der Waals surface area contributed by atoms with E-state index in [4.69, 9.17) is 11.6 Å². The first kappa shape index (κ1) is 24.2. The van der Waals surface area contributed by atoms with Gasteiger partial charge in [0.2, 0.25) is 0 Å². The number of aromatic nitrogens is 5. The van der Waals surface area contributed by atoms with Crippen molar-refractivity contribution in [3.63, 3.8) is 0 Å². The molecule has 0 radical (unpaired) electrons. The molecule has 5 heterocycles. The number of carbonyl (C=O) groups is 3. The van der Waals surface area contributed by atoms with Crippen molar-refractivity contribution in [2.24, 2.45) is 5.16 Å². The van der Waals surface area contributed by atoms with E-state index in [-0.39, 0.29) is 23.1 Å². The van der Waals surface area contributed by atoms with Gasteiger partial charge in [0.1, 0.15) is 28.5 Å². The van der Waals surface area contributed by atoms with Gasteiger partial charge in [0.05, 0.1) is 6.20 Å². The summed E-state index contributed by atoms with van der Waals surface area (Å²) in [7, 11) is 0. The number of hydrogen-bond acceptors (Lipinski definition) is 12. The smallest absolute Gasteiger partial charge is 0.352 e. The van der Waals surface area contributed by atoms with Gasteiger partial charge in [-0.3, -0.25) is 14.5 Å². The summed E-state index contributed by atoms with van der Waals surface area (Å²) in [6, 6.07) is 2.59. The van der Waals surface area contributed by atoms with Gasteiger partial charge < -0.3 is 27.2 Å². The first-order valence-corrected chi connectivity index (χ1v) is 12.5. The van der Waals surface area contributed by atoms with Crippen molar-refractivity contribution in [3.8, 4) is 11.3 Å². The molecule has 3 aromatic rings. The SMILES string of the molecule is Nc1nc(C(=NO)C(=O)N[C@@H]2C(=O)N3C(C(=O)O)=C(C[n+]4ccc(-c5cn(N)nn5)cc4)CS[C@@H]23)cs1. The molecule has 0 spiro atoms. The Bertz CT molecular complexity index is 1460. The van der Waals surface area contributed by atoms with Crippen LogP contribution in [0.2, 0.25) is 0 Å². The fraction of sp³-hybridized carbons (Fsp3) is 0.200. The fourth-order valence-electron chi connectivity index (χ4n) is 3.99. The van der Waals surface area contributed by atoms with Crippen LogP contribution in [-0.4, -0.2) is 76.0 Å². The Morgan fingerprint density at radius 1 is 1.32 bits per heavy atom. The summed E-state index contributed by atoms with van der Waals surface area (Å²) in [6.45, 7) is 0.235. The number of carboxylic acid groups (broad SMARTS) is 1. The number of nitrogens with two attached hydrogens (primary N) is 2. The summed E-state index contributed by atoms with van der Waals surface area (Å²) in [4.78, 5) is 43.9. The molecule has 0 aliphatic carbocycles. The van der Waals surface area contributed by atoms with Crippen molar-refractivity contribution in [1.82, 2.24) is 30.3 Å². The van der Waals surface area contributed by atoms with Crippen molar-refractivity contribution in [1.29, 1.82) is 0 Å². The number of nitrogens with one attached hydrogen (secondary N) is 1. The Labute approximate surface area is 216 Å². The highest BCUT2D eigenvalue weighted by Crippen LogP contribution is 2.40. The highest BCUT2D eigenvalue weighted by molar-refractivity contribution is 8.00. The molecule has 2 aliphatic heterocycles. The topological polar surface area (TPSA) is 219 Å². The summed E-state index contributed by atoms with van der Waals surface area (Å²) in [6.07, 6.45) is 5.08. The van der Waals surface area contributed by atoms with Crippen molar-refractivity contribution < 1.29 is 29.3 Å². The van der Waals surface area contributed by atoms with Crippen molar-refractivity contribution in [2.75, 3.05) is 17.3 Å². The number of rotatable bonds is 7. The number of oxime groups is 1. The fourth-order valence-corrected chi connectivity index (χ4v) is 5.87. The molecule has 1 fully saturated rings. The average Bonchev–Trinajstić information content (AvgIpc) is 3.51. The lowest BCUT2D eigenvalue weighted by Crippen LogP contribution is -2.71. The van der Waals surface area contributed by atoms with E-state index < -0.39 is 34.9 Å². The number of thioether (sulfide) groups is 1. The quantitative estimate of drug-likeness (QED) is 0.0583. The molecule has 2 aliphatic rings. The Hall–Kier alpha value is -4.51. The Morgan fingerprint density at radius 2 is 2.08 bits per heavy atom. The summed E-state index contributed by atoms with van der Waals surface area (Å²) in [5.74, 6) is 3.20. The summed E-state index contributed by atoms with van der Waals surface area (Å²) in [5.41, 5.74) is 7.01. The molecule has 190 valence electrons. The van der Waals surface area contributed by atoms with Crippen LogP contribution in [0.4, 0.5) is 5.13 Å². The Balaban J connectivity index is 1.31. The molecule has 2 atom stereocenters. The van der Waals surface area contributed by atoms with Crippen molar-refractivity contribution in [3.05, 3.63) is 53.1 Å². The number of anilines is 1.